The number of pyridine rings is 2. The Morgan fingerprint density at radius 3 is 2.55 bits per heavy atom. The van der Waals surface area contributed by atoms with Crippen molar-refractivity contribution in [2.24, 2.45) is 0 Å². The number of aryl methyl sites for hydroxylation is 1. The number of aromatic amines is 1. The van der Waals surface area contributed by atoms with Gasteiger partial charge in [0.05, 0.1) is 12.8 Å². The second-order valence-electron chi connectivity index (χ2n) is 6.88. The summed E-state index contributed by atoms with van der Waals surface area (Å²) in [5, 5.41) is 15.5. The Labute approximate surface area is 170 Å². The molecule has 3 N–H and O–H groups in total. The van der Waals surface area contributed by atoms with E-state index < -0.39 is 0 Å². The van der Waals surface area contributed by atoms with Crippen molar-refractivity contribution >= 4 is 16.7 Å². The van der Waals surface area contributed by atoms with Crippen molar-refractivity contribution in [3.05, 3.63) is 89.7 Å². The van der Waals surface area contributed by atoms with Crippen LogP contribution in [0.15, 0.2) is 72.9 Å². The molecule has 4 rings (SSSR count). The number of phenolic OH excluding ortho intramolecular Hbond substituents is 1. The standard InChI is InChI=1S/C24H23N3O2/c1-3-29-19-12-9-17(10-13-19)22(27-21-6-4-5-15-25-21)20-14-11-18-8-7-16(2)26-23(18)24(20)28/h4-15,22,28H,3H2,1-2H3,(H,25,27)/p+1/t22-/m1/s1. The number of hydrogen-bond donors (Lipinski definition) is 2. The summed E-state index contributed by atoms with van der Waals surface area (Å²) in [6.07, 6.45) is 1.86. The molecule has 0 unspecified atom stereocenters. The molecule has 0 radical (unpaired) electrons. The zero-order chi connectivity index (χ0) is 20.2. The summed E-state index contributed by atoms with van der Waals surface area (Å²) in [5.41, 5.74) is 3.24. The Kier molecular flexibility index (Phi) is 5.29. The lowest BCUT2D eigenvalue weighted by atomic mass is 9.96. The van der Waals surface area contributed by atoms with Crippen molar-refractivity contribution in [3.8, 4) is 11.5 Å². The minimum atomic E-state index is -0.268. The number of benzene rings is 2. The minimum absolute atomic E-state index is 0.188. The van der Waals surface area contributed by atoms with Crippen molar-refractivity contribution in [3.63, 3.8) is 0 Å². The molecule has 29 heavy (non-hydrogen) atoms. The van der Waals surface area contributed by atoms with Crippen LogP contribution in [0.3, 0.4) is 0 Å². The van der Waals surface area contributed by atoms with E-state index in [2.05, 4.69) is 15.3 Å². The van der Waals surface area contributed by atoms with Crippen molar-refractivity contribution < 1.29 is 14.8 Å². The molecule has 0 saturated heterocycles. The smallest absolute Gasteiger partial charge is 0.272 e. The van der Waals surface area contributed by atoms with Crippen LogP contribution in [0.4, 0.5) is 5.82 Å². The fourth-order valence-electron chi connectivity index (χ4n) is 3.42. The molecule has 0 aliphatic heterocycles. The summed E-state index contributed by atoms with van der Waals surface area (Å²) in [7, 11) is 0. The Morgan fingerprint density at radius 2 is 1.83 bits per heavy atom. The number of hydrogen-bond acceptors (Lipinski definition) is 4. The molecule has 1 atom stereocenters. The first kappa shape index (κ1) is 18.7. The lowest BCUT2D eigenvalue weighted by molar-refractivity contribution is -0.361. The second kappa shape index (κ2) is 8.19. The topological polar surface area (TPSA) is 68.5 Å². The van der Waals surface area contributed by atoms with E-state index in [0.717, 1.165) is 33.8 Å². The highest BCUT2D eigenvalue weighted by atomic mass is 16.5. The maximum atomic E-state index is 11.1. The number of nitrogens with zero attached hydrogens (tertiary/aromatic N) is 1. The number of H-pyrrole nitrogens is 1. The maximum absolute atomic E-state index is 11.1. The van der Waals surface area contributed by atoms with Crippen LogP contribution in [-0.4, -0.2) is 16.7 Å². The van der Waals surface area contributed by atoms with Gasteiger partial charge >= 0.3 is 0 Å². The number of anilines is 1. The van der Waals surface area contributed by atoms with E-state index in [1.807, 2.05) is 86.8 Å². The molecule has 2 heterocycles. The van der Waals surface area contributed by atoms with Gasteiger partial charge in [-0.2, -0.15) is 0 Å². The van der Waals surface area contributed by atoms with Gasteiger partial charge in [0.25, 0.3) is 5.82 Å². The van der Waals surface area contributed by atoms with E-state index in [-0.39, 0.29) is 11.8 Å². The lowest BCUT2D eigenvalue weighted by Crippen LogP contribution is -2.19. The SMILES string of the molecule is CCOc1ccc([C@@H](Nc2cccc[nH+]2)c2ccc3ccc(C)nc3c2O)cc1. The van der Waals surface area contributed by atoms with E-state index in [9.17, 15) is 5.11 Å². The number of ether oxygens (including phenoxy) is 1. The monoisotopic (exact) mass is 386 g/mol. The van der Waals surface area contributed by atoms with Gasteiger partial charge in [0.15, 0.2) is 0 Å². The summed E-state index contributed by atoms with van der Waals surface area (Å²) in [6.45, 7) is 4.51. The fourth-order valence-corrected chi connectivity index (χ4v) is 3.42. The van der Waals surface area contributed by atoms with Crippen molar-refractivity contribution in [1.82, 2.24) is 4.98 Å². The van der Waals surface area contributed by atoms with Gasteiger partial charge in [-0.05, 0) is 44.2 Å². The third-order valence-electron chi connectivity index (χ3n) is 4.85. The molecule has 5 nitrogen and oxygen atoms in total. The third kappa shape index (κ3) is 3.99. The minimum Gasteiger partial charge on any atom is -0.505 e. The van der Waals surface area contributed by atoms with Gasteiger partial charge in [-0.25, -0.2) is 9.97 Å². The van der Waals surface area contributed by atoms with E-state index >= 15 is 0 Å². The second-order valence-corrected chi connectivity index (χ2v) is 6.88. The molecule has 146 valence electrons. The van der Waals surface area contributed by atoms with Crippen LogP contribution in [0.2, 0.25) is 0 Å². The van der Waals surface area contributed by atoms with Crippen LogP contribution in [0.1, 0.15) is 29.8 Å². The Balaban J connectivity index is 1.81. The van der Waals surface area contributed by atoms with Crippen molar-refractivity contribution in [2.75, 3.05) is 11.9 Å². The number of rotatable bonds is 6. The first-order chi connectivity index (χ1) is 14.2. The average Bonchev–Trinajstić information content (AvgIpc) is 2.75. The van der Waals surface area contributed by atoms with Crippen LogP contribution in [-0.2, 0) is 0 Å². The van der Waals surface area contributed by atoms with Crippen LogP contribution in [0.5, 0.6) is 11.5 Å². The van der Waals surface area contributed by atoms with E-state index in [1.54, 1.807) is 0 Å². The number of nitrogens with one attached hydrogen (secondary N) is 2. The summed E-state index contributed by atoms with van der Waals surface area (Å²) >= 11 is 0. The summed E-state index contributed by atoms with van der Waals surface area (Å²) in [4.78, 5) is 7.75. The quantitative estimate of drug-likeness (QED) is 0.506. The maximum Gasteiger partial charge on any atom is 0.272 e. The van der Waals surface area contributed by atoms with Gasteiger partial charge in [0, 0.05) is 28.3 Å². The predicted octanol–water partition coefficient (Wildman–Crippen LogP) is 4.66. The molecule has 0 spiro atoms. The average molecular weight is 386 g/mol. The van der Waals surface area contributed by atoms with Gasteiger partial charge in [-0.1, -0.05) is 30.3 Å². The normalized spacial score (nSPS) is 11.9. The third-order valence-corrected chi connectivity index (χ3v) is 4.85. The molecule has 0 bridgehead atoms. The van der Waals surface area contributed by atoms with Gasteiger partial charge in [0.1, 0.15) is 23.1 Å². The van der Waals surface area contributed by atoms with Crippen LogP contribution >= 0.6 is 0 Å². The molecule has 0 fully saturated rings. The Hall–Kier alpha value is -3.60. The number of aromatic nitrogens is 2. The lowest BCUT2D eigenvalue weighted by Gasteiger charge is -2.18. The van der Waals surface area contributed by atoms with Crippen LogP contribution < -0.4 is 15.0 Å². The first-order valence-corrected chi connectivity index (χ1v) is 9.71. The summed E-state index contributed by atoms with van der Waals surface area (Å²) in [5.74, 6) is 1.86. The van der Waals surface area contributed by atoms with Crippen molar-refractivity contribution in [2.45, 2.75) is 19.9 Å². The number of phenols is 1. The van der Waals surface area contributed by atoms with Gasteiger partial charge < -0.3 is 9.84 Å². The molecule has 0 aliphatic carbocycles. The highest BCUT2D eigenvalue weighted by molar-refractivity contribution is 5.86. The van der Waals surface area contributed by atoms with E-state index in [0.29, 0.717) is 12.1 Å². The van der Waals surface area contributed by atoms with E-state index in [1.165, 1.54) is 0 Å². The van der Waals surface area contributed by atoms with Crippen LogP contribution in [0, 0.1) is 6.92 Å². The molecule has 0 amide bonds. The molecule has 0 aliphatic rings. The molecule has 0 saturated carbocycles. The van der Waals surface area contributed by atoms with Gasteiger partial charge in [-0.15, -0.1) is 0 Å². The van der Waals surface area contributed by atoms with E-state index in [4.69, 9.17) is 4.74 Å². The zero-order valence-electron chi connectivity index (χ0n) is 16.5. The highest BCUT2D eigenvalue weighted by Gasteiger charge is 2.24. The van der Waals surface area contributed by atoms with Crippen LogP contribution in [0.25, 0.3) is 10.9 Å². The van der Waals surface area contributed by atoms with Crippen molar-refractivity contribution in [1.29, 1.82) is 0 Å². The largest absolute Gasteiger partial charge is 0.505 e. The molecule has 5 heteroatoms. The molecular weight excluding hydrogens is 362 g/mol. The molecule has 4 aromatic rings. The van der Waals surface area contributed by atoms with Gasteiger partial charge in [0.2, 0.25) is 0 Å². The molecule has 2 aromatic carbocycles. The Morgan fingerprint density at radius 1 is 1.03 bits per heavy atom. The fraction of sp³-hybridized carbons (Fsp3) is 0.167. The Bertz CT molecular complexity index is 1110. The molecular formula is C24H24N3O2+. The summed E-state index contributed by atoms with van der Waals surface area (Å²) < 4.78 is 5.57. The highest BCUT2D eigenvalue weighted by Crippen LogP contribution is 2.36. The summed E-state index contributed by atoms with van der Waals surface area (Å²) in [6, 6.07) is 21.4. The van der Waals surface area contributed by atoms with Gasteiger partial charge in [-0.3, -0.25) is 5.32 Å². The first-order valence-electron chi connectivity index (χ1n) is 9.71. The number of fused-ring (bicyclic) bond motifs is 1. The zero-order valence-corrected chi connectivity index (χ0v) is 16.5. The molecule has 2 aromatic heterocycles. The predicted molar refractivity (Wildman–Crippen MR) is 114 cm³/mol. The number of aromatic hydroxyl groups is 1.